The Morgan fingerprint density at radius 2 is 2.09 bits per heavy atom. The summed E-state index contributed by atoms with van der Waals surface area (Å²) in [5, 5.41) is 11.5. The number of aromatic amines is 1. The van der Waals surface area contributed by atoms with Crippen LogP contribution in [0.25, 0.3) is 0 Å². The van der Waals surface area contributed by atoms with E-state index in [1.165, 1.54) is 6.33 Å². The van der Waals surface area contributed by atoms with Gasteiger partial charge in [0.15, 0.2) is 0 Å². The van der Waals surface area contributed by atoms with Crippen molar-refractivity contribution in [1.29, 1.82) is 0 Å². The van der Waals surface area contributed by atoms with E-state index in [0.717, 1.165) is 5.56 Å². The van der Waals surface area contributed by atoms with E-state index in [9.17, 15) is 14.7 Å². The molecule has 7 nitrogen and oxygen atoms in total. The van der Waals surface area contributed by atoms with Crippen molar-refractivity contribution in [2.24, 2.45) is 0 Å². The number of hydrogen-bond acceptors (Lipinski definition) is 4. The number of nitrogens with one attached hydrogen (secondary N) is 2. The molecule has 8 heteroatoms. The fourth-order valence-corrected chi connectivity index (χ4v) is 2.14. The summed E-state index contributed by atoms with van der Waals surface area (Å²) in [4.78, 5) is 29.7. The highest BCUT2D eigenvalue weighted by molar-refractivity contribution is 9.10. The molecule has 2 aromatic rings. The molecule has 1 heterocycles. The Kier molecular flexibility index (Phi) is 5.54. The number of carbonyl (C=O) groups excluding carboxylic acids is 1. The van der Waals surface area contributed by atoms with Crippen molar-refractivity contribution in [2.45, 2.75) is 19.1 Å². The monoisotopic (exact) mass is 367 g/mol. The lowest BCUT2D eigenvalue weighted by atomic mass is 10.2. The molecule has 1 aromatic heterocycles. The largest absolute Gasteiger partial charge is 0.480 e. The van der Waals surface area contributed by atoms with Gasteiger partial charge in [-0.3, -0.25) is 0 Å². The number of carboxylic acid groups (broad SMARTS) is 1. The molecule has 22 heavy (non-hydrogen) atoms. The molecule has 0 aliphatic heterocycles. The molecule has 0 saturated heterocycles. The molecule has 0 radical (unpaired) electrons. The highest BCUT2D eigenvalue weighted by Crippen LogP contribution is 2.13. The van der Waals surface area contributed by atoms with Gasteiger partial charge in [0.2, 0.25) is 0 Å². The highest BCUT2D eigenvalue weighted by Gasteiger charge is 2.23. The Labute approximate surface area is 134 Å². The molecular formula is C14H14BrN3O4. The van der Waals surface area contributed by atoms with Gasteiger partial charge in [0.25, 0.3) is 0 Å². The third-order valence-corrected chi connectivity index (χ3v) is 3.56. The van der Waals surface area contributed by atoms with Gasteiger partial charge in [-0.05, 0) is 21.5 Å². The molecule has 0 saturated carbocycles. The van der Waals surface area contributed by atoms with Gasteiger partial charge in [0.1, 0.15) is 17.3 Å². The second kappa shape index (κ2) is 7.60. The van der Waals surface area contributed by atoms with Gasteiger partial charge in [-0.15, -0.1) is 0 Å². The number of halogens is 1. The van der Waals surface area contributed by atoms with Crippen molar-refractivity contribution in [3.63, 3.8) is 0 Å². The predicted octanol–water partition coefficient (Wildman–Crippen LogP) is 2.09. The first-order valence-electron chi connectivity index (χ1n) is 6.44. The summed E-state index contributed by atoms with van der Waals surface area (Å²) in [5.74, 6) is -1.15. The maximum absolute atomic E-state index is 11.7. The smallest absolute Gasteiger partial charge is 0.408 e. The SMILES string of the molecule is O=C(NC(Cc1[nH]cnc1Br)C(=O)O)OCc1ccccc1. The van der Waals surface area contributed by atoms with Gasteiger partial charge in [-0.1, -0.05) is 30.3 Å². The number of amides is 1. The van der Waals surface area contributed by atoms with Gasteiger partial charge in [-0.2, -0.15) is 0 Å². The average molecular weight is 368 g/mol. The van der Waals surface area contributed by atoms with Crippen LogP contribution in [0.15, 0.2) is 41.3 Å². The standard InChI is InChI=1S/C14H14BrN3O4/c15-12-10(16-8-17-12)6-11(13(19)20)18-14(21)22-7-9-4-2-1-3-5-9/h1-5,8,11H,6-7H2,(H,16,17)(H,18,21)(H,19,20). The van der Waals surface area contributed by atoms with E-state index >= 15 is 0 Å². The van der Waals surface area contributed by atoms with Crippen LogP contribution in [0.5, 0.6) is 0 Å². The minimum Gasteiger partial charge on any atom is -0.480 e. The highest BCUT2D eigenvalue weighted by atomic mass is 79.9. The van der Waals surface area contributed by atoms with Crippen LogP contribution in [0.4, 0.5) is 4.79 Å². The molecule has 0 aliphatic rings. The lowest BCUT2D eigenvalue weighted by Gasteiger charge is -2.14. The summed E-state index contributed by atoms with van der Waals surface area (Å²) in [6, 6.07) is 8.01. The van der Waals surface area contributed by atoms with Crippen LogP contribution >= 0.6 is 15.9 Å². The summed E-state index contributed by atoms with van der Waals surface area (Å²) >= 11 is 3.19. The maximum Gasteiger partial charge on any atom is 0.408 e. The van der Waals surface area contributed by atoms with Crippen LogP contribution in [0.2, 0.25) is 0 Å². The first-order chi connectivity index (χ1) is 10.6. The normalized spacial score (nSPS) is 11.7. The molecule has 3 N–H and O–H groups in total. The van der Waals surface area contributed by atoms with Gasteiger partial charge < -0.3 is 20.1 Å². The number of benzene rings is 1. The second-order valence-electron chi connectivity index (χ2n) is 4.47. The summed E-state index contributed by atoms with van der Waals surface area (Å²) < 4.78 is 5.52. The lowest BCUT2D eigenvalue weighted by Crippen LogP contribution is -2.42. The molecule has 1 aromatic carbocycles. The number of nitrogens with zero attached hydrogens (tertiary/aromatic N) is 1. The van der Waals surface area contributed by atoms with E-state index in [1.54, 1.807) is 0 Å². The second-order valence-corrected chi connectivity index (χ2v) is 5.22. The number of hydrogen-bond donors (Lipinski definition) is 3. The molecule has 0 bridgehead atoms. The van der Waals surface area contributed by atoms with E-state index in [0.29, 0.717) is 10.3 Å². The Bertz CT molecular complexity index is 645. The fourth-order valence-electron chi connectivity index (χ4n) is 1.76. The van der Waals surface area contributed by atoms with E-state index in [2.05, 4.69) is 31.2 Å². The first-order valence-corrected chi connectivity index (χ1v) is 7.23. The topological polar surface area (TPSA) is 104 Å². The number of imidazole rings is 1. The van der Waals surface area contributed by atoms with Crippen molar-refractivity contribution >= 4 is 28.0 Å². The first kappa shape index (κ1) is 16.0. The zero-order chi connectivity index (χ0) is 15.9. The van der Waals surface area contributed by atoms with Crippen molar-refractivity contribution in [3.8, 4) is 0 Å². The van der Waals surface area contributed by atoms with E-state index in [4.69, 9.17) is 4.74 Å². The van der Waals surface area contributed by atoms with Crippen molar-refractivity contribution < 1.29 is 19.4 Å². The molecule has 0 aliphatic carbocycles. The molecule has 0 fully saturated rings. The van der Waals surface area contributed by atoms with Crippen LogP contribution in [0, 0.1) is 0 Å². The summed E-state index contributed by atoms with van der Waals surface area (Å²) in [7, 11) is 0. The average Bonchev–Trinajstić information content (AvgIpc) is 2.91. The molecular weight excluding hydrogens is 354 g/mol. The lowest BCUT2D eigenvalue weighted by molar-refractivity contribution is -0.139. The van der Waals surface area contributed by atoms with Gasteiger partial charge in [-0.25, -0.2) is 14.6 Å². The third kappa shape index (κ3) is 4.59. The predicted molar refractivity (Wildman–Crippen MR) is 81.2 cm³/mol. The van der Waals surface area contributed by atoms with E-state index in [-0.39, 0.29) is 13.0 Å². The molecule has 1 amide bonds. The zero-order valence-corrected chi connectivity index (χ0v) is 13.0. The summed E-state index contributed by atoms with van der Waals surface area (Å²) in [6.07, 6.45) is 0.717. The fraction of sp³-hybridized carbons (Fsp3) is 0.214. The number of aromatic nitrogens is 2. The Morgan fingerprint density at radius 1 is 1.36 bits per heavy atom. The summed E-state index contributed by atoms with van der Waals surface area (Å²) in [5.41, 5.74) is 1.40. The van der Waals surface area contributed by atoms with Crippen LogP contribution in [-0.2, 0) is 22.6 Å². The Balaban J connectivity index is 1.89. The number of carbonyl (C=O) groups is 2. The molecule has 1 atom stereocenters. The Hall–Kier alpha value is -2.35. The molecule has 116 valence electrons. The quantitative estimate of drug-likeness (QED) is 0.724. The van der Waals surface area contributed by atoms with Crippen molar-refractivity contribution in [1.82, 2.24) is 15.3 Å². The minimum absolute atomic E-state index is 0.0658. The number of aliphatic carboxylic acids is 1. The zero-order valence-electron chi connectivity index (χ0n) is 11.5. The molecule has 2 rings (SSSR count). The number of rotatable bonds is 6. The number of ether oxygens (including phenoxy) is 1. The van der Waals surface area contributed by atoms with E-state index < -0.39 is 18.1 Å². The van der Waals surface area contributed by atoms with Crippen LogP contribution in [0.1, 0.15) is 11.3 Å². The van der Waals surface area contributed by atoms with Crippen molar-refractivity contribution in [2.75, 3.05) is 0 Å². The maximum atomic E-state index is 11.7. The van der Waals surface area contributed by atoms with Crippen LogP contribution in [0.3, 0.4) is 0 Å². The van der Waals surface area contributed by atoms with Gasteiger partial charge in [0.05, 0.1) is 12.0 Å². The van der Waals surface area contributed by atoms with E-state index in [1.807, 2.05) is 30.3 Å². The molecule has 1 unspecified atom stereocenters. The Morgan fingerprint density at radius 3 is 2.68 bits per heavy atom. The number of carboxylic acids is 1. The number of alkyl carbamates (subject to hydrolysis) is 1. The number of H-pyrrole nitrogens is 1. The van der Waals surface area contributed by atoms with Gasteiger partial charge >= 0.3 is 12.1 Å². The third-order valence-electron chi connectivity index (χ3n) is 2.88. The summed E-state index contributed by atoms with van der Waals surface area (Å²) in [6.45, 7) is 0.0762. The molecule has 0 spiro atoms. The van der Waals surface area contributed by atoms with Crippen LogP contribution < -0.4 is 5.32 Å². The van der Waals surface area contributed by atoms with Crippen LogP contribution in [-0.4, -0.2) is 33.2 Å². The van der Waals surface area contributed by atoms with Gasteiger partial charge in [0, 0.05) is 6.42 Å². The minimum atomic E-state index is -1.15. The van der Waals surface area contributed by atoms with Crippen molar-refractivity contribution in [3.05, 3.63) is 52.5 Å².